The summed E-state index contributed by atoms with van der Waals surface area (Å²) in [5, 5.41) is 1.16. The third-order valence-electron chi connectivity index (χ3n) is 3.12. The molecule has 0 spiro atoms. The van der Waals surface area contributed by atoms with Crippen LogP contribution < -0.4 is 0 Å². The first-order valence-electron chi connectivity index (χ1n) is 5.66. The van der Waals surface area contributed by atoms with Crippen LogP contribution in [0.4, 0.5) is 0 Å². The van der Waals surface area contributed by atoms with E-state index in [9.17, 15) is 0 Å². The summed E-state index contributed by atoms with van der Waals surface area (Å²) in [6.07, 6.45) is 7.08. The van der Waals surface area contributed by atoms with Crippen LogP contribution in [0.3, 0.4) is 0 Å². The molecule has 4 nitrogen and oxygen atoms in total. The molecule has 0 bridgehead atoms. The Morgan fingerprint density at radius 1 is 1.11 bits per heavy atom. The van der Waals surface area contributed by atoms with Crippen LogP contribution in [-0.4, -0.2) is 15.0 Å². The molecule has 0 radical (unpaired) electrons. The van der Waals surface area contributed by atoms with Gasteiger partial charge in [-0.2, -0.15) is 0 Å². The molecule has 0 aliphatic rings. The van der Waals surface area contributed by atoms with Crippen LogP contribution in [0.2, 0.25) is 0 Å². The second-order valence-electron chi connectivity index (χ2n) is 4.16. The van der Waals surface area contributed by atoms with Gasteiger partial charge in [-0.25, -0.2) is 4.98 Å². The van der Waals surface area contributed by atoms with Crippen molar-refractivity contribution in [2.75, 3.05) is 0 Å². The predicted octanol–water partition coefficient (Wildman–Crippen LogP) is 3.37. The van der Waals surface area contributed by atoms with E-state index in [1.165, 1.54) is 6.39 Å². The zero-order chi connectivity index (χ0) is 11.9. The lowest BCUT2D eigenvalue weighted by molar-refractivity contribution is 0.602. The smallest absolute Gasteiger partial charge is 0.181 e. The van der Waals surface area contributed by atoms with E-state index in [2.05, 4.69) is 21.0 Å². The summed E-state index contributed by atoms with van der Waals surface area (Å²) >= 11 is 0. The average molecular weight is 235 g/mol. The van der Waals surface area contributed by atoms with E-state index in [-0.39, 0.29) is 0 Å². The van der Waals surface area contributed by atoms with Gasteiger partial charge < -0.3 is 9.40 Å². The molecule has 3 heterocycles. The number of oxazole rings is 1. The van der Waals surface area contributed by atoms with Gasteiger partial charge in [-0.1, -0.05) is 6.07 Å². The minimum Gasteiger partial charge on any atom is -0.443 e. The number of nitrogens with one attached hydrogen (secondary N) is 1. The number of hydrogen-bond donors (Lipinski definition) is 1. The summed E-state index contributed by atoms with van der Waals surface area (Å²) in [4.78, 5) is 11.5. The fourth-order valence-corrected chi connectivity index (χ4v) is 2.23. The summed E-state index contributed by atoms with van der Waals surface area (Å²) < 4.78 is 5.33. The van der Waals surface area contributed by atoms with E-state index < -0.39 is 0 Å². The molecular weight excluding hydrogens is 226 g/mol. The Bertz CT molecular complexity index is 844. The van der Waals surface area contributed by atoms with Crippen LogP contribution in [0.25, 0.3) is 33.1 Å². The summed E-state index contributed by atoms with van der Waals surface area (Å²) in [6, 6.07) is 8.04. The number of aromatic amines is 1. The number of hydrogen-bond acceptors (Lipinski definition) is 3. The number of rotatable bonds is 1. The van der Waals surface area contributed by atoms with Crippen molar-refractivity contribution in [1.82, 2.24) is 15.0 Å². The quantitative estimate of drug-likeness (QED) is 0.550. The first kappa shape index (κ1) is 9.41. The molecule has 0 saturated carbocycles. The summed E-state index contributed by atoms with van der Waals surface area (Å²) in [5.41, 5.74) is 4.86. The monoisotopic (exact) mass is 235 g/mol. The first-order chi connectivity index (χ1) is 8.92. The molecule has 4 heteroatoms. The normalized spacial score (nSPS) is 11.3. The van der Waals surface area contributed by atoms with E-state index in [1.54, 1.807) is 0 Å². The van der Waals surface area contributed by atoms with Gasteiger partial charge in [0.05, 0.1) is 11.7 Å². The molecule has 0 saturated heterocycles. The second-order valence-corrected chi connectivity index (χ2v) is 4.16. The molecule has 3 aromatic heterocycles. The van der Waals surface area contributed by atoms with Crippen molar-refractivity contribution in [3.63, 3.8) is 0 Å². The molecular formula is C14H9N3O. The third-order valence-corrected chi connectivity index (χ3v) is 3.12. The highest BCUT2D eigenvalue weighted by Crippen LogP contribution is 2.29. The van der Waals surface area contributed by atoms with Crippen molar-refractivity contribution in [2.24, 2.45) is 0 Å². The number of nitrogens with zero attached hydrogens (tertiary/aromatic N) is 2. The van der Waals surface area contributed by atoms with E-state index in [0.717, 1.165) is 33.1 Å². The fraction of sp³-hybridized carbons (Fsp3) is 0. The molecule has 18 heavy (non-hydrogen) atoms. The second kappa shape index (κ2) is 3.43. The van der Waals surface area contributed by atoms with Gasteiger partial charge in [-0.3, -0.25) is 4.98 Å². The van der Waals surface area contributed by atoms with Gasteiger partial charge in [0.1, 0.15) is 5.52 Å². The summed E-state index contributed by atoms with van der Waals surface area (Å²) in [7, 11) is 0. The zero-order valence-electron chi connectivity index (χ0n) is 9.42. The van der Waals surface area contributed by atoms with Crippen molar-refractivity contribution in [3.8, 4) is 11.1 Å². The van der Waals surface area contributed by atoms with Gasteiger partial charge >= 0.3 is 0 Å². The molecule has 1 aromatic carbocycles. The number of aromatic nitrogens is 3. The Labute approximate surface area is 102 Å². The first-order valence-corrected chi connectivity index (χ1v) is 5.66. The third kappa shape index (κ3) is 1.26. The Balaban J connectivity index is 2.03. The molecule has 0 fully saturated rings. The lowest BCUT2D eigenvalue weighted by Crippen LogP contribution is -1.82. The van der Waals surface area contributed by atoms with E-state index in [1.807, 2.05) is 36.8 Å². The molecule has 0 atom stereocenters. The molecule has 0 unspecified atom stereocenters. The maximum Gasteiger partial charge on any atom is 0.181 e. The molecule has 4 aromatic rings. The fourth-order valence-electron chi connectivity index (χ4n) is 2.23. The molecule has 1 N–H and O–H groups in total. The van der Waals surface area contributed by atoms with Crippen LogP contribution in [-0.2, 0) is 0 Å². The Morgan fingerprint density at radius 3 is 3.11 bits per heavy atom. The number of benzene rings is 1. The highest BCUT2D eigenvalue weighted by molar-refractivity contribution is 5.95. The Hall–Kier alpha value is -2.62. The van der Waals surface area contributed by atoms with E-state index in [4.69, 9.17) is 4.42 Å². The number of H-pyrrole nitrogens is 1. The zero-order valence-corrected chi connectivity index (χ0v) is 9.42. The van der Waals surface area contributed by atoms with Gasteiger partial charge in [0, 0.05) is 23.3 Å². The van der Waals surface area contributed by atoms with Crippen LogP contribution >= 0.6 is 0 Å². The standard InChI is InChI=1S/C14H9N3O/c1-2-12-14(18-8-17-12)5-9(1)11-6-15-7-13-10(11)3-4-16-13/h1-8,16H. The van der Waals surface area contributed by atoms with Gasteiger partial charge in [-0.15, -0.1) is 0 Å². The van der Waals surface area contributed by atoms with Crippen LogP contribution in [0.15, 0.2) is 53.7 Å². The predicted molar refractivity (Wildman–Crippen MR) is 69.1 cm³/mol. The topological polar surface area (TPSA) is 54.7 Å². The Morgan fingerprint density at radius 2 is 2.11 bits per heavy atom. The molecule has 0 amide bonds. The Kier molecular flexibility index (Phi) is 1.80. The van der Waals surface area contributed by atoms with Crippen molar-refractivity contribution in [1.29, 1.82) is 0 Å². The molecule has 86 valence electrons. The average Bonchev–Trinajstić information content (AvgIpc) is 3.05. The maximum absolute atomic E-state index is 5.33. The largest absolute Gasteiger partial charge is 0.443 e. The van der Waals surface area contributed by atoms with E-state index in [0.29, 0.717) is 0 Å². The van der Waals surface area contributed by atoms with Crippen molar-refractivity contribution < 1.29 is 4.42 Å². The van der Waals surface area contributed by atoms with Crippen LogP contribution in [0.5, 0.6) is 0 Å². The maximum atomic E-state index is 5.33. The number of pyridine rings is 1. The van der Waals surface area contributed by atoms with Gasteiger partial charge in [-0.05, 0) is 23.8 Å². The lowest BCUT2D eigenvalue weighted by atomic mass is 10.0. The molecule has 4 rings (SSSR count). The lowest BCUT2D eigenvalue weighted by Gasteiger charge is -2.02. The minimum absolute atomic E-state index is 0.792. The number of fused-ring (bicyclic) bond motifs is 2. The van der Waals surface area contributed by atoms with Gasteiger partial charge in [0.15, 0.2) is 12.0 Å². The van der Waals surface area contributed by atoms with Gasteiger partial charge in [0.25, 0.3) is 0 Å². The summed E-state index contributed by atoms with van der Waals surface area (Å²) in [6.45, 7) is 0. The van der Waals surface area contributed by atoms with Crippen molar-refractivity contribution >= 4 is 22.0 Å². The van der Waals surface area contributed by atoms with Crippen LogP contribution in [0.1, 0.15) is 0 Å². The SMILES string of the molecule is c1cc2c(-c3ccc4ncoc4c3)cncc2[nH]1. The van der Waals surface area contributed by atoms with E-state index >= 15 is 0 Å². The highest BCUT2D eigenvalue weighted by atomic mass is 16.3. The highest BCUT2D eigenvalue weighted by Gasteiger charge is 2.07. The van der Waals surface area contributed by atoms with Crippen molar-refractivity contribution in [3.05, 3.63) is 49.2 Å². The molecule has 0 aliphatic carbocycles. The van der Waals surface area contributed by atoms with Crippen LogP contribution in [0, 0.1) is 0 Å². The van der Waals surface area contributed by atoms with Gasteiger partial charge in [0.2, 0.25) is 0 Å². The minimum atomic E-state index is 0.792. The summed E-state index contributed by atoms with van der Waals surface area (Å²) in [5.74, 6) is 0. The van der Waals surface area contributed by atoms with Crippen molar-refractivity contribution in [2.45, 2.75) is 0 Å². The molecule has 0 aliphatic heterocycles.